The SMILES string of the molecule is CCCCCCOc1ccc2ccccc2c1CNC(C)(C)C. The van der Waals surface area contributed by atoms with Crippen LogP contribution in [0.4, 0.5) is 0 Å². The lowest BCUT2D eigenvalue weighted by Gasteiger charge is -2.22. The molecule has 0 bridgehead atoms. The lowest BCUT2D eigenvalue weighted by molar-refractivity contribution is 0.300. The van der Waals surface area contributed by atoms with E-state index in [-0.39, 0.29) is 5.54 Å². The Balaban J connectivity index is 2.17. The van der Waals surface area contributed by atoms with Crippen molar-refractivity contribution in [3.05, 3.63) is 42.0 Å². The van der Waals surface area contributed by atoms with E-state index in [1.165, 1.54) is 35.6 Å². The number of ether oxygens (including phenoxy) is 1. The van der Waals surface area contributed by atoms with Crippen LogP contribution in [0.25, 0.3) is 10.8 Å². The second-order valence-corrected chi connectivity index (χ2v) is 7.28. The zero-order valence-corrected chi connectivity index (χ0v) is 15.1. The van der Waals surface area contributed by atoms with E-state index in [0.717, 1.165) is 25.3 Å². The van der Waals surface area contributed by atoms with Crippen LogP contribution in [0.2, 0.25) is 0 Å². The van der Waals surface area contributed by atoms with Crippen molar-refractivity contribution in [2.45, 2.75) is 65.5 Å². The lowest BCUT2D eigenvalue weighted by Crippen LogP contribution is -2.35. The summed E-state index contributed by atoms with van der Waals surface area (Å²) in [6.07, 6.45) is 4.93. The van der Waals surface area contributed by atoms with Gasteiger partial charge in [0.1, 0.15) is 5.75 Å². The third-order valence-corrected chi connectivity index (χ3v) is 4.05. The molecule has 2 heteroatoms. The van der Waals surface area contributed by atoms with Crippen molar-refractivity contribution < 1.29 is 4.74 Å². The van der Waals surface area contributed by atoms with Crippen LogP contribution in [0.15, 0.2) is 36.4 Å². The molecule has 0 unspecified atom stereocenters. The molecule has 0 spiro atoms. The molecule has 2 aromatic carbocycles. The summed E-state index contributed by atoms with van der Waals surface area (Å²) in [5, 5.41) is 6.16. The van der Waals surface area contributed by atoms with Gasteiger partial charge in [0.15, 0.2) is 0 Å². The third kappa shape index (κ3) is 5.54. The van der Waals surface area contributed by atoms with Crippen molar-refractivity contribution in [2.75, 3.05) is 6.61 Å². The monoisotopic (exact) mass is 313 g/mol. The molecule has 0 saturated carbocycles. The molecule has 2 rings (SSSR count). The highest BCUT2D eigenvalue weighted by Crippen LogP contribution is 2.28. The summed E-state index contributed by atoms with van der Waals surface area (Å²) in [6, 6.07) is 12.8. The van der Waals surface area contributed by atoms with E-state index in [9.17, 15) is 0 Å². The Morgan fingerprint density at radius 2 is 1.74 bits per heavy atom. The highest BCUT2D eigenvalue weighted by molar-refractivity contribution is 5.87. The van der Waals surface area contributed by atoms with Crippen LogP contribution in [0.1, 0.15) is 58.9 Å². The molecule has 0 aliphatic rings. The Hall–Kier alpha value is -1.54. The van der Waals surface area contributed by atoms with Crippen molar-refractivity contribution in [1.29, 1.82) is 0 Å². The van der Waals surface area contributed by atoms with Gasteiger partial charge in [-0.25, -0.2) is 0 Å². The van der Waals surface area contributed by atoms with Gasteiger partial charge in [-0.15, -0.1) is 0 Å². The van der Waals surface area contributed by atoms with E-state index < -0.39 is 0 Å². The van der Waals surface area contributed by atoms with E-state index in [1.807, 2.05) is 0 Å². The Labute approximate surface area is 141 Å². The Morgan fingerprint density at radius 3 is 2.48 bits per heavy atom. The maximum Gasteiger partial charge on any atom is 0.124 e. The number of hydrogen-bond acceptors (Lipinski definition) is 2. The second-order valence-electron chi connectivity index (χ2n) is 7.28. The van der Waals surface area contributed by atoms with Gasteiger partial charge in [0.25, 0.3) is 0 Å². The summed E-state index contributed by atoms with van der Waals surface area (Å²) in [7, 11) is 0. The number of unbranched alkanes of at least 4 members (excludes halogenated alkanes) is 3. The molecule has 0 radical (unpaired) electrons. The lowest BCUT2D eigenvalue weighted by atomic mass is 10.0. The van der Waals surface area contributed by atoms with Gasteiger partial charge >= 0.3 is 0 Å². The first kappa shape index (κ1) is 17.8. The maximum atomic E-state index is 6.12. The highest BCUT2D eigenvalue weighted by Gasteiger charge is 2.13. The van der Waals surface area contributed by atoms with Crippen molar-refractivity contribution in [2.24, 2.45) is 0 Å². The quantitative estimate of drug-likeness (QED) is 0.632. The van der Waals surface area contributed by atoms with Crippen LogP contribution < -0.4 is 10.1 Å². The fourth-order valence-electron chi connectivity index (χ4n) is 2.70. The van der Waals surface area contributed by atoms with Gasteiger partial charge in [-0.2, -0.15) is 0 Å². The third-order valence-electron chi connectivity index (χ3n) is 4.05. The average molecular weight is 313 g/mol. The average Bonchev–Trinajstić information content (AvgIpc) is 2.52. The molecular formula is C21H31NO. The molecule has 0 fully saturated rings. The van der Waals surface area contributed by atoms with Crippen LogP contribution in [-0.2, 0) is 6.54 Å². The number of benzene rings is 2. The molecule has 126 valence electrons. The van der Waals surface area contributed by atoms with Gasteiger partial charge in [-0.1, -0.05) is 56.5 Å². The summed E-state index contributed by atoms with van der Waals surface area (Å²) < 4.78 is 6.12. The van der Waals surface area contributed by atoms with Crippen LogP contribution in [0, 0.1) is 0 Å². The molecule has 0 aliphatic carbocycles. The van der Waals surface area contributed by atoms with Gasteiger partial charge in [0, 0.05) is 17.6 Å². The van der Waals surface area contributed by atoms with Crippen molar-refractivity contribution in [3.8, 4) is 5.75 Å². The number of nitrogens with one attached hydrogen (secondary N) is 1. The highest BCUT2D eigenvalue weighted by atomic mass is 16.5. The molecule has 0 amide bonds. The molecule has 23 heavy (non-hydrogen) atoms. The smallest absolute Gasteiger partial charge is 0.124 e. The summed E-state index contributed by atoms with van der Waals surface area (Å²) in [5.74, 6) is 1.02. The van der Waals surface area contributed by atoms with Crippen molar-refractivity contribution in [3.63, 3.8) is 0 Å². The normalized spacial score (nSPS) is 11.8. The minimum Gasteiger partial charge on any atom is -0.493 e. The molecule has 0 saturated heterocycles. The van der Waals surface area contributed by atoms with Crippen molar-refractivity contribution >= 4 is 10.8 Å². The molecule has 0 aromatic heterocycles. The zero-order chi connectivity index (χ0) is 16.7. The van der Waals surface area contributed by atoms with Gasteiger partial charge in [-0.05, 0) is 44.0 Å². The van der Waals surface area contributed by atoms with Crippen LogP contribution in [-0.4, -0.2) is 12.1 Å². The fourth-order valence-corrected chi connectivity index (χ4v) is 2.70. The number of fused-ring (bicyclic) bond motifs is 1. The van der Waals surface area contributed by atoms with Gasteiger partial charge < -0.3 is 10.1 Å². The van der Waals surface area contributed by atoms with Crippen LogP contribution in [0.3, 0.4) is 0 Å². The predicted octanol–water partition coefficient (Wildman–Crippen LogP) is 5.69. The minimum absolute atomic E-state index is 0.0926. The zero-order valence-electron chi connectivity index (χ0n) is 15.1. The Morgan fingerprint density at radius 1 is 0.957 bits per heavy atom. The van der Waals surface area contributed by atoms with Crippen LogP contribution >= 0.6 is 0 Å². The summed E-state index contributed by atoms with van der Waals surface area (Å²) >= 11 is 0. The Bertz CT molecular complexity index is 613. The molecular weight excluding hydrogens is 282 g/mol. The van der Waals surface area contributed by atoms with E-state index in [2.05, 4.69) is 69.4 Å². The summed E-state index contributed by atoms with van der Waals surface area (Å²) in [4.78, 5) is 0. The molecule has 0 atom stereocenters. The van der Waals surface area contributed by atoms with Gasteiger partial charge in [0.2, 0.25) is 0 Å². The Kier molecular flexibility index (Phi) is 6.47. The molecule has 0 heterocycles. The van der Waals surface area contributed by atoms with Gasteiger partial charge in [0.05, 0.1) is 6.61 Å². The topological polar surface area (TPSA) is 21.3 Å². The first-order chi connectivity index (χ1) is 11.0. The molecule has 0 aliphatic heterocycles. The number of hydrogen-bond donors (Lipinski definition) is 1. The first-order valence-electron chi connectivity index (χ1n) is 8.90. The molecule has 2 nitrogen and oxygen atoms in total. The summed E-state index contributed by atoms with van der Waals surface area (Å²) in [5.41, 5.74) is 1.36. The van der Waals surface area contributed by atoms with Crippen molar-refractivity contribution in [1.82, 2.24) is 5.32 Å². The van der Waals surface area contributed by atoms with E-state index in [1.54, 1.807) is 0 Å². The minimum atomic E-state index is 0.0926. The first-order valence-corrected chi connectivity index (χ1v) is 8.90. The predicted molar refractivity (Wildman–Crippen MR) is 100 cm³/mol. The largest absolute Gasteiger partial charge is 0.493 e. The standard InChI is InChI=1S/C21H31NO/c1-5-6-7-10-15-23-20-14-13-17-11-8-9-12-18(17)19(20)16-22-21(2,3)4/h8-9,11-14,22H,5-7,10,15-16H2,1-4H3. The van der Waals surface area contributed by atoms with E-state index in [4.69, 9.17) is 4.74 Å². The maximum absolute atomic E-state index is 6.12. The summed E-state index contributed by atoms with van der Waals surface area (Å²) in [6.45, 7) is 10.5. The number of rotatable bonds is 8. The van der Waals surface area contributed by atoms with E-state index in [0.29, 0.717) is 0 Å². The molecule has 2 aromatic rings. The second kappa shape index (κ2) is 8.35. The molecule has 1 N–H and O–H groups in total. The fraction of sp³-hybridized carbons (Fsp3) is 0.524. The van der Waals surface area contributed by atoms with Crippen LogP contribution in [0.5, 0.6) is 5.75 Å². The van der Waals surface area contributed by atoms with Gasteiger partial charge in [-0.3, -0.25) is 0 Å². The van der Waals surface area contributed by atoms with E-state index >= 15 is 0 Å².